The third kappa shape index (κ3) is 4.30. The van der Waals surface area contributed by atoms with E-state index in [1.807, 2.05) is 0 Å². The van der Waals surface area contributed by atoms with Crippen molar-refractivity contribution >= 4 is 43.9 Å². The molecule has 0 spiro atoms. The number of sulfonamides is 1. The molecule has 1 saturated heterocycles. The van der Waals surface area contributed by atoms with Crippen molar-refractivity contribution in [2.75, 3.05) is 11.9 Å². The molecule has 12 heteroatoms. The molecule has 27 heavy (non-hydrogen) atoms. The summed E-state index contributed by atoms with van der Waals surface area (Å²) >= 11 is 0.733. The number of ether oxygens (including phenoxy) is 1. The van der Waals surface area contributed by atoms with Crippen molar-refractivity contribution in [3.63, 3.8) is 0 Å². The Morgan fingerprint density at radius 3 is 2.48 bits per heavy atom. The number of nitro groups is 1. The molecule has 0 aliphatic carbocycles. The maximum absolute atomic E-state index is 12.3. The van der Waals surface area contributed by atoms with E-state index in [1.54, 1.807) is 0 Å². The molecule has 142 valence electrons. The number of carbonyl (C=O) groups excluding carboxylic acids is 2. The normalized spacial score (nSPS) is 16.7. The topological polar surface area (TPSA) is 145 Å². The number of amides is 1. The van der Waals surface area contributed by atoms with Crippen LogP contribution >= 0.6 is 11.3 Å². The fourth-order valence-electron chi connectivity index (χ4n) is 2.32. The fourth-order valence-corrected chi connectivity index (χ4v) is 4.25. The Morgan fingerprint density at radius 1 is 1.22 bits per heavy atom. The molecule has 2 aromatic rings. The van der Waals surface area contributed by atoms with Crippen LogP contribution in [-0.2, 0) is 19.6 Å². The standard InChI is InChI=1S/C15H13N3O7S2/c19-14(12-5-6-13(26-12)18(21)22)16-9-1-3-10(4-2-9)27(23,24)17-11-7-8-25-15(11)20/h1-6,11,17H,7-8H2,(H,16,19). The van der Waals surface area contributed by atoms with E-state index in [-0.39, 0.29) is 27.8 Å². The number of rotatable bonds is 6. The number of esters is 1. The lowest BCUT2D eigenvalue weighted by Crippen LogP contribution is -2.37. The zero-order valence-corrected chi connectivity index (χ0v) is 15.2. The van der Waals surface area contributed by atoms with Crippen molar-refractivity contribution in [1.82, 2.24) is 4.72 Å². The summed E-state index contributed by atoms with van der Waals surface area (Å²) in [5, 5.41) is 13.0. The molecule has 2 N–H and O–H groups in total. The van der Waals surface area contributed by atoms with E-state index >= 15 is 0 Å². The summed E-state index contributed by atoms with van der Waals surface area (Å²) in [5.74, 6) is -1.16. The van der Waals surface area contributed by atoms with Gasteiger partial charge in [0, 0.05) is 18.2 Å². The summed E-state index contributed by atoms with van der Waals surface area (Å²) in [7, 11) is -3.92. The van der Waals surface area contributed by atoms with Crippen LogP contribution in [0.5, 0.6) is 0 Å². The molecule has 10 nitrogen and oxygen atoms in total. The zero-order chi connectivity index (χ0) is 19.6. The number of hydrogen-bond donors (Lipinski definition) is 2. The van der Waals surface area contributed by atoms with Gasteiger partial charge >= 0.3 is 11.0 Å². The highest BCUT2D eigenvalue weighted by Gasteiger charge is 2.31. The van der Waals surface area contributed by atoms with E-state index in [1.165, 1.54) is 36.4 Å². The van der Waals surface area contributed by atoms with Crippen molar-refractivity contribution in [3.8, 4) is 0 Å². The van der Waals surface area contributed by atoms with E-state index in [0.717, 1.165) is 11.3 Å². The second-order valence-electron chi connectivity index (χ2n) is 5.50. The predicted molar refractivity (Wildman–Crippen MR) is 95.1 cm³/mol. The Kier molecular flexibility index (Phi) is 5.21. The van der Waals surface area contributed by atoms with Gasteiger partial charge in [-0.25, -0.2) is 8.42 Å². The van der Waals surface area contributed by atoms with Crippen LogP contribution in [0, 0.1) is 10.1 Å². The van der Waals surface area contributed by atoms with Crippen LogP contribution in [0.1, 0.15) is 16.1 Å². The Labute approximate surface area is 157 Å². The van der Waals surface area contributed by atoms with E-state index in [0.29, 0.717) is 5.69 Å². The Morgan fingerprint density at radius 2 is 1.93 bits per heavy atom. The number of thiophene rings is 1. The smallest absolute Gasteiger partial charge is 0.324 e. The largest absolute Gasteiger partial charge is 0.464 e. The highest BCUT2D eigenvalue weighted by molar-refractivity contribution is 7.89. The molecule has 1 fully saturated rings. The first-order chi connectivity index (χ1) is 12.8. The first-order valence-electron chi connectivity index (χ1n) is 7.61. The molecule has 1 aliphatic rings. The molecule has 1 amide bonds. The summed E-state index contributed by atoms with van der Waals surface area (Å²) < 4.78 is 31.6. The predicted octanol–water partition coefficient (Wildman–Crippen LogP) is 1.50. The fraction of sp³-hybridized carbons (Fsp3) is 0.200. The molecule has 0 saturated carbocycles. The minimum atomic E-state index is -3.92. The van der Waals surface area contributed by atoms with Crippen molar-refractivity contribution in [1.29, 1.82) is 0 Å². The highest BCUT2D eigenvalue weighted by Crippen LogP contribution is 2.25. The number of nitrogens with zero attached hydrogens (tertiary/aromatic N) is 1. The van der Waals surface area contributed by atoms with Crippen molar-refractivity contribution in [3.05, 3.63) is 51.4 Å². The van der Waals surface area contributed by atoms with E-state index in [4.69, 9.17) is 4.74 Å². The summed E-state index contributed by atoms with van der Waals surface area (Å²) in [4.78, 5) is 33.6. The molecule has 1 aromatic heterocycles. The van der Waals surface area contributed by atoms with Gasteiger partial charge < -0.3 is 10.1 Å². The van der Waals surface area contributed by atoms with Gasteiger partial charge in [-0.05, 0) is 30.3 Å². The van der Waals surface area contributed by atoms with E-state index in [2.05, 4.69) is 10.0 Å². The maximum Gasteiger partial charge on any atom is 0.324 e. The molecular weight excluding hydrogens is 398 g/mol. The van der Waals surface area contributed by atoms with Crippen LogP contribution < -0.4 is 10.0 Å². The number of hydrogen-bond acceptors (Lipinski definition) is 8. The van der Waals surface area contributed by atoms with Gasteiger partial charge in [-0.2, -0.15) is 4.72 Å². The maximum atomic E-state index is 12.3. The molecular formula is C15H13N3O7S2. The molecule has 1 atom stereocenters. The first-order valence-corrected chi connectivity index (χ1v) is 9.91. The van der Waals surface area contributed by atoms with Crippen LogP contribution in [0.2, 0.25) is 0 Å². The number of carbonyl (C=O) groups is 2. The Balaban J connectivity index is 1.68. The monoisotopic (exact) mass is 411 g/mol. The number of benzene rings is 1. The summed E-state index contributed by atoms with van der Waals surface area (Å²) in [6.45, 7) is 0.165. The minimum Gasteiger partial charge on any atom is -0.464 e. The van der Waals surface area contributed by atoms with Crippen molar-refractivity contribution in [2.45, 2.75) is 17.4 Å². The van der Waals surface area contributed by atoms with Crippen LogP contribution in [-0.4, -0.2) is 37.9 Å². The summed E-state index contributed by atoms with van der Waals surface area (Å²) in [6, 6.07) is 6.95. The van der Waals surface area contributed by atoms with Gasteiger partial charge in [-0.1, -0.05) is 11.3 Å². The van der Waals surface area contributed by atoms with Crippen LogP contribution in [0.3, 0.4) is 0 Å². The SMILES string of the molecule is O=C(Nc1ccc(S(=O)(=O)NC2CCOC2=O)cc1)c1ccc([N+](=O)[O-])s1. The lowest BCUT2D eigenvalue weighted by molar-refractivity contribution is -0.380. The van der Waals surface area contributed by atoms with Gasteiger partial charge in [0.1, 0.15) is 6.04 Å². The number of nitrogens with one attached hydrogen (secondary N) is 2. The molecule has 0 bridgehead atoms. The quantitative estimate of drug-likeness (QED) is 0.416. The lowest BCUT2D eigenvalue weighted by Gasteiger charge is -2.10. The van der Waals surface area contributed by atoms with Gasteiger partial charge in [-0.3, -0.25) is 19.7 Å². The molecule has 1 aliphatic heterocycles. The van der Waals surface area contributed by atoms with Crippen LogP contribution in [0.25, 0.3) is 0 Å². The number of anilines is 1. The Hall–Kier alpha value is -2.83. The third-order valence-corrected chi connectivity index (χ3v) is 6.17. The first kappa shape index (κ1) is 18.9. The van der Waals surface area contributed by atoms with Gasteiger partial charge in [0.15, 0.2) is 0 Å². The summed E-state index contributed by atoms with van der Waals surface area (Å²) in [5.41, 5.74) is 0.315. The van der Waals surface area contributed by atoms with Gasteiger partial charge in [0.25, 0.3) is 5.91 Å². The molecule has 2 heterocycles. The third-order valence-electron chi connectivity index (χ3n) is 3.65. The van der Waals surface area contributed by atoms with Crippen molar-refractivity contribution < 1.29 is 27.7 Å². The van der Waals surface area contributed by atoms with E-state index in [9.17, 15) is 28.1 Å². The highest BCUT2D eigenvalue weighted by atomic mass is 32.2. The lowest BCUT2D eigenvalue weighted by atomic mass is 10.3. The zero-order valence-electron chi connectivity index (χ0n) is 13.6. The molecule has 1 aromatic carbocycles. The van der Waals surface area contributed by atoms with Gasteiger partial charge in [0.2, 0.25) is 10.0 Å². The van der Waals surface area contributed by atoms with Crippen LogP contribution in [0.15, 0.2) is 41.3 Å². The van der Waals surface area contributed by atoms with Gasteiger partial charge in [0.05, 0.1) is 21.3 Å². The molecule has 0 radical (unpaired) electrons. The average Bonchev–Trinajstić information content (AvgIpc) is 3.25. The number of cyclic esters (lactones) is 1. The second kappa shape index (κ2) is 7.42. The minimum absolute atomic E-state index is 0.0769. The summed E-state index contributed by atoms with van der Waals surface area (Å²) in [6.07, 6.45) is 0.263. The average molecular weight is 411 g/mol. The molecule has 1 unspecified atom stereocenters. The molecule has 3 rings (SSSR count). The van der Waals surface area contributed by atoms with E-state index < -0.39 is 32.9 Å². The van der Waals surface area contributed by atoms with Crippen LogP contribution in [0.4, 0.5) is 10.7 Å². The van der Waals surface area contributed by atoms with Crippen molar-refractivity contribution in [2.24, 2.45) is 0 Å². The Bertz CT molecular complexity index is 999. The second-order valence-corrected chi connectivity index (χ2v) is 8.28. The van der Waals surface area contributed by atoms with Gasteiger partial charge in [-0.15, -0.1) is 0 Å².